The highest BCUT2D eigenvalue weighted by molar-refractivity contribution is 8.11. The van der Waals surface area contributed by atoms with E-state index < -0.39 is 29.7 Å². The number of aliphatic hydroxyl groups is 1. The Bertz CT molecular complexity index is 898. The van der Waals surface area contributed by atoms with Crippen LogP contribution in [0.1, 0.15) is 31.9 Å². The van der Waals surface area contributed by atoms with Crippen molar-refractivity contribution < 1.29 is 42.5 Å². The number of carbonyl (C=O) groups is 3. The summed E-state index contributed by atoms with van der Waals surface area (Å²) in [6.45, 7) is 7.00. The van der Waals surface area contributed by atoms with Crippen molar-refractivity contribution in [2.75, 3.05) is 19.8 Å². The molecule has 0 spiro atoms. The summed E-state index contributed by atoms with van der Waals surface area (Å²) in [5.74, 6) is -3.01. The molecular weight excluding hydrogens is 515 g/mol. The molecule has 198 valence electrons. The molecule has 1 amide bonds. The Morgan fingerprint density at radius 2 is 1.89 bits per heavy atom. The van der Waals surface area contributed by atoms with Crippen LogP contribution in [0.2, 0.25) is 5.02 Å². The highest BCUT2D eigenvalue weighted by Gasteiger charge is 2.38. The average molecular weight is 544 g/mol. The van der Waals surface area contributed by atoms with Crippen LogP contribution in [0, 0.1) is 5.41 Å². The molecule has 35 heavy (non-hydrogen) atoms. The van der Waals surface area contributed by atoms with Gasteiger partial charge in [0.25, 0.3) is 0 Å². The lowest BCUT2D eigenvalue weighted by atomic mass is 9.90. The fraction of sp³-hybridized carbons (Fsp3) is 0.571. The first-order valence-electron chi connectivity index (χ1n) is 10.4. The summed E-state index contributed by atoms with van der Waals surface area (Å²) in [6, 6.07) is 4.74. The average Bonchev–Trinajstić information content (AvgIpc) is 2.76. The Labute approximate surface area is 210 Å². The number of aliphatic hydroxyl groups excluding tert-OH is 1. The quantitative estimate of drug-likeness (QED) is 0.398. The van der Waals surface area contributed by atoms with Crippen LogP contribution in [0.5, 0.6) is 0 Å². The number of amides is 1. The van der Waals surface area contributed by atoms with Gasteiger partial charge in [-0.1, -0.05) is 38.4 Å². The van der Waals surface area contributed by atoms with Crippen molar-refractivity contribution in [1.82, 2.24) is 9.62 Å². The molecule has 5 N–H and O–H groups in total. The zero-order chi connectivity index (χ0) is 27.0. The molecule has 0 aromatic heterocycles. The van der Waals surface area contributed by atoms with Crippen LogP contribution in [0.15, 0.2) is 18.2 Å². The lowest BCUT2D eigenvalue weighted by molar-refractivity contribution is -0.192. The third-order valence-corrected chi connectivity index (χ3v) is 6.03. The van der Waals surface area contributed by atoms with Crippen LogP contribution in [0.25, 0.3) is 0 Å². The first-order chi connectivity index (χ1) is 16.1. The number of carbonyl (C=O) groups excluding carboxylic acids is 2. The number of rotatable bonds is 6. The molecule has 1 aromatic carbocycles. The maximum atomic E-state index is 12.7. The number of halogens is 4. The maximum absolute atomic E-state index is 12.7. The first kappa shape index (κ1) is 31.1. The molecule has 1 fully saturated rings. The van der Waals surface area contributed by atoms with Crippen LogP contribution in [-0.4, -0.2) is 69.6 Å². The molecule has 0 radical (unpaired) electrons. The van der Waals surface area contributed by atoms with E-state index in [2.05, 4.69) is 5.32 Å². The molecule has 2 atom stereocenters. The summed E-state index contributed by atoms with van der Waals surface area (Å²) in [4.78, 5) is 34.0. The van der Waals surface area contributed by atoms with Gasteiger partial charge < -0.3 is 26.0 Å². The molecule has 0 aliphatic carbocycles. The second-order valence-electron chi connectivity index (χ2n) is 8.55. The Morgan fingerprint density at radius 3 is 2.40 bits per heavy atom. The third kappa shape index (κ3) is 10.3. The predicted molar refractivity (Wildman–Crippen MR) is 124 cm³/mol. The number of hydrogen-bond acceptors (Lipinski definition) is 8. The summed E-state index contributed by atoms with van der Waals surface area (Å²) in [6.07, 6.45) is -6.21. The summed E-state index contributed by atoms with van der Waals surface area (Å²) in [7, 11) is 0. The lowest BCUT2D eigenvalue weighted by Gasteiger charge is -2.34. The van der Waals surface area contributed by atoms with Gasteiger partial charge in [-0.05, 0) is 28.7 Å². The Hall–Kier alpha value is -1.90. The van der Waals surface area contributed by atoms with Gasteiger partial charge >= 0.3 is 12.1 Å². The van der Waals surface area contributed by atoms with Crippen molar-refractivity contribution in [3.05, 3.63) is 34.3 Å². The standard InChI is InChI=1S/C19H28ClN3O4S.C2HF3O2/c1-19(2,3)16(24)18(26)28-23-6-7-27-11-15(23)17(25)22-10-13-8-14(20)5-4-12(13)9-21;3-2(4,5)1(6)7/h4-5,8,15-16,24H,6-7,9-11,21H2,1-3H3,(H,22,25);(H,6,7)/t15-,16+;/m1./s1. The van der Waals surface area contributed by atoms with Crippen LogP contribution in [0.4, 0.5) is 13.2 Å². The SMILES string of the molecule is CC(C)(C)[C@@H](O)C(=O)SN1CCOC[C@@H]1C(=O)NCc1cc(Cl)ccc1CN.O=C(O)C(F)(F)F. The van der Waals surface area contributed by atoms with E-state index in [9.17, 15) is 27.9 Å². The van der Waals surface area contributed by atoms with Gasteiger partial charge in [0.15, 0.2) is 0 Å². The first-order valence-corrected chi connectivity index (χ1v) is 11.5. The normalized spacial score (nSPS) is 17.7. The molecule has 0 saturated carbocycles. The Morgan fingerprint density at radius 1 is 1.29 bits per heavy atom. The maximum Gasteiger partial charge on any atom is 0.490 e. The molecule has 1 heterocycles. The number of aliphatic carboxylic acids is 1. The topological polar surface area (TPSA) is 142 Å². The smallest absolute Gasteiger partial charge is 0.475 e. The molecule has 0 unspecified atom stereocenters. The van der Waals surface area contributed by atoms with E-state index in [1.165, 1.54) is 0 Å². The molecule has 1 aromatic rings. The van der Waals surface area contributed by atoms with Gasteiger partial charge in [-0.15, -0.1) is 0 Å². The Balaban J connectivity index is 0.000000762. The summed E-state index contributed by atoms with van der Waals surface area (Å²) < 4.78 is 38.8. The second kappa shape index (κ2) is 13.4. The number of alkyl halides is 3. The van der Waals surface area contributed by atoms with Gasteiger partial charge in [0, 0.05) is 36.6 Å². The van der Waals surface area contributed by atoms with Gasteiger partial charge in [0.2, 0.25) is 11.0 Å². The minimum Gasteiger partial charge on any atom is -0.475 e. The fourth-order valence-corrected chi connectivity index (χ4v) is 4.01. The number of hydrogen-bond donors (Lipinski definition) is 4. The monoisotopic (exact) mass is 543 g/mol. The number of carboxylic acid groups (broad SMARTS) is 1. The van der Waals surface area contributed by atoms with E-state index in [1.807, 2.05) is 6.07 Å². The molecule has 1 aliphatic heterocycles. The highest BCUT2D eigenvalue weighted by Crippen LogP contribution is 2.27. The van der Waals surface area contributed by atoms with Crippen molar-refractivity contribution in [1.29, 1.82) is 0 Å². The summed E-state index contributed by atoms with van der Waals surface area (Å²) >= 11 is 6.92. The Kier molecular flexibility index (Phi) is 11.9. The number of nitrogens with zero attached hydrogens (tertiary/aromatic N) is 1. The molecule has 14 heteroatoms. The van der Waals surface area contributed by atoms with E-state index in [0.717, 1.165) is 23.1 Å². The summed E-state index contributed by atoms with van der Waals surface area (Å²) in [5, 5.41) is 20.4. The zero-order valence-corrected chi connectivity index (χ0v) is 21.0. The fourth-order valence-electron chi connectivity index (χ4n) is 2.68. The molecule has 1 saturated heterocycles. The minimum absolute atomic E-state index is 0.178. The summed E-state index contributed by atoms with van der Waals surface area (Å²) in [5.41, 5.74) is 6.92. The van der Waals surface area contributed by atoms with Crippen LogP contribution < -0.4 is 11.1 Å². The number of morpholine rings is 1. The molecule has 9 nitrogen and oxygen atoms in total. The van der Waals surface area contributed by atoms with E-state index in [1.54, 1.807) is 37.2 Å². The number of carboxylic acids is 1. The van der Waals surface area contributed by atoms with Crippen molar-refractivity contribution >= 4 is 40.5 Å². The van der Waals surface area contributed by atoms with Gasteiger partial charge in [0.1, 0.15) is 12.1 Å². The number of ether oxygens (including phenoxy) is 1. The van der Waals surface area contributed by atoms with Gasteiger partial charge in [-0.3, -0.25) is 9.59 Å². The highest BCUT2D eigenvalue weighted by atomic mass is 35.5. The van der Waals surface area contributed by atoms with E-state index in [4.69, 9.17) is 32.0 Å². The van der Waals surface area contributed by atoms with E-state index in [0.29, 0.717) is 24.7 Å². The van der Waals surface area contributed by atoms with E-state index in [-0.39, 0.29) is 24.2 Å². The van der Waals surface area contributed by atoms with Crippen molar-refractivity contribution in [2.24, 2.45) is 11.1 Å². The lowest BCUT2D eigenvalue weighted by Crippen LogP contribution is -2.51. The van der Waals surface area contributed by atoms with E-state index >= 15 is 0 Å². The number of nitrogens with one attached hydrogen (secondary N) is 1. The molecule has 2 rings (SSSR count). The van der Waals surface area contributed by atoms with Crippen LogP contribution >= 0.6 is 23.5 Å². The number of nitrogens with two attached hydrogens (primary N) is 1. The van der Waals surface area contributed by atoms with Crippen molar-refractivity contribution in [2.45, 2.75) is 52.2 Å². The molecular formula is C21H29ClF3N3O6S. The van der Waals surface area contributed by atoms with Crippen LogP contribution in [0.3, 0.4) is 0 Å². The van der Waals surface area contributed by atoms with Gasteiger partial charge in [-0.2, -0.15) is 13.2 Å². The molecule has 0 bridgehead atoms. The zero-order valence-electron chi connectivity index (χ0n) is 19.4. The predicted octanol–water partition coefficient (Wildman–Crippen LogP) is 2.33. The van der Waals surface area contributed by atoms with Gasteiger partial charge in [-0.25, -0.2) is 9.10 Å². The number of benzene rings is 1. The van der Waals surface area contributed by atoms with Crippen molar-refractivity contribution in [3.63, 3.8) is 0 Å². The largest absolute Gasteiger partial charge is 0.490 e. The van der Waals surface area contributed by atoms with Gasteiger partial charge in [0.05, 0.1) is 13.2 Å². The minimum atomic E-state index is -5.08. The third-order valence-electron chi connectivity index (χ3n) is 4.72. The molecule has 1 aliphatic rings. The van der Waals surface area contributed by atoms with Crippen molar-refractivity contribution in [3.8, 4) is 0 Å². The van der Waals surface area contributed by atoms with Crippen LogP contribution in [-0.2, 0) is 32.2 Å². The second-order valence-corrected chi connectivity index (χ2v) is 10.0.